The first-order chi connectivity index (χ1) is 12.6. The highest BCUT2D eigenvalue weighted by Gasteiger charge is 2.11. The average Bonchev–Trinajstić information content (AvgIpc) is 2.67. The maximum Gasteiger partial charge on any atom is 0.240 e. The van der Waals surface area contributed by atoms with E-state index in [9.17, 15) is 8.42 Å². The van der Waals surface area contributed by atoms with E-state index in [1.165, 1.54) is 5.56 Å². The number of sulfonamides is 1. The number of hydrogen-bond acceptors (Lipinski definition) is 3. The SMILES string of the molecule is CCNC(=NCCNS(=O)(=O)c1ccccc1)NCCc1ccccc1.I. The van der Waals surface area contributed by atoms with Gasteiger partial charge in [0.2, 0.25) is 10.0 Å². The molecule has 2 aromatic rings. The molecule has 0 amide bonds. The summed E-state index contributed by atoms with van der Waals surface area (Å²) in [4.78, 5) is 4.67. The van der Waals surface area contributed by atoms with E-state index in [2.05, 4.69) is 32.5 Å². The van der Waals surface area contributed by atoms with Crippen molar-refractivity contribution in [3.8, 4) is 0 Å². The summed E-state index contributed by atoms with van der Waals surface area (Å²) in [6, 6.07) is 18.5. The molecule has 0 saturated heterocycles. The third-order valence-corrected chi connectivity index (χ3v) is 5.10. The molecule has 148 valence electrons. The van der Waals surface area contributed by atoms with E-state index in [0.717, 1.165) is 19.5 Å². The molecule has 2 aromatic carbocycles. The van der Waals surface area contributed by atoms with Crippen LogP contribution in [0.3, 0.4) is 0 Å². The highest BCUT2D eigenvalue weighted by atomic mass is 127. The quantitative estimate of drug-likeness (QED) is 0.213. The lowest BCUT2D eigenvalue weighted by molar-refractivity contribution is 0.582. The number of nitrogens with one attached hydrogen (secondary N) is 3. The highest BCUT2D eigenvalue weighted by molar-refractivity contribution is 14.0. The number of aliphatic imine (C=N–C) groups is 1. The first-order valence-corrected chi connectivity index (χ1v) is 10.2. The van der Waals surface area contributed by atoms with Crippen LogP contribution in [0.5, 0.6) is 0 Å². The molecule has 0 aliphatic rings. The second kappa shape index (κ2) is 12.7. The second-order valence-electron chi connectivity index (χ2n) is 5.63. The number of benzene rings is 2. The van der Waals surface area contributed by atoms with Crippen molar-refractivity contribution in [2.75, 3.05) is 26.2 Å². The molecule has 0 heterocycles. The number of hydrogen-bond donors (Lipinski definition) is 3. The Morgan fingerprint density at radius 3 is 2.19 bits per heavy atom. The average molecular weight is 502 g/mol. The van der Waals surface area contributed by atoms with Crippen LogP contribution < -0.4 is 15.4 Å². The van der Waals surface area contributed by atoms with Gasteiger partial charge in [-0.1, -0.05) is 48.5 Å². The molecule has 8 heteroatoms. The zero-order valence-corrected chi connectivity index (χ0v) is 18.5. The van der Waals surface area contributed by atoms with Crippen molar-refractivity contribution in [2.45, 2.75) is 18.2 Å². The number of guanidine groups is 1. The van der Waals surface area contributed by atoms with Gasteiger partial charge < -0.3 is 10.6 Å². The molecular formula is C19H27IN4O2S. The van der Waals surface area contributed by atoms with E-state index in [4.69, 9.17) is 0 Å². The zero-order valence-electron chi connectivity index (χ0n) is 15.4. The summed E-state index contributed by atoms with van der Waals surface area (Å²) in [5.41, 5.74) is 1.26. The third kappa shape index (κ3) is 8.72. The highest BCUT2D eigenvalue weighted by Crippen LogP contribution is 2.06. The zero-order chi connectivity index (χ0) is 18.7. The van der Waals surface area contributed by atoms with Crippen molar-refractivity contribution in [1.29, 1.82) is 0 Å². The summed E-state index contributed by atoms with van der Waals surface area (Å²) in [7, 11) is -3.48. The fourth-order valence-corrected chi connectivity index (χ4v) is 3.38. The van der Waals surface area contributed by atoms with Crippen molar-refractivity contribution in [3.05, 3.63) is 66.2 Å². The summed E-state index contributed by atoms with van der Waals surface area (Å²) >= 11 is 0. The maximum atomic E-state index is 12.1. The van der Waals surface area contributed by atoms with Crippen LogP contribution in [0.15, 0.2) is 70.6 Å². The molecule has 0 unspecified atom stereocenters. The predicted octanol–water partition coefficient (Wildman–Crippen LogP) is 2.38. The molecule has 0 aliphatic heterocycles. The Balaban J connectivity index is 0.00000364. The molecule has 0 aliphatic carbocycles. The molecule has 2 rings (SSSR count). The minimum Gasteiger partial charge on any atom is -0.357 e. The van der Waals surface area contributed by atoms with Crippen molar-refractivity contribution in [1.82, 2.24) is 15.4 Å². The van der Waals surface area contributed by atoms with Gasteiger partial charge in [0.05, 0.1) is 11.4 Å². The van der Waals surface area contributed by atoms with Crippen LogP contribution in [0.4, 0.5) is 0 Å². The van der Waals surface area contributed by atoms with E-state index >= 15 is 0 Å². The topological polar surface area (TPSA) is 82.6 Å². The van der Waals surface area contributed by atoms with E-state index < -0.39 is 10.0 Å². The lowest BCUT2D eigenvalue weighted by Crippen LogP contribution is -2.39. The number of nitrogens with zero attached hydrogens (tertiary/aromatic N) is 1. The maximum absolute atomic E-state index is 12.1. The summed E-state index contributed by atoms with van der Waals surface area (Å²) < 4.78 is 26.8. The first kappa shape index (κ1) is 23.4. The van der Waals surface area contributed by atoms with Gasteiger partial charge in [0, 0.05) is 19.6 Å². The van der Waals surface area contributed by atoms with Crippen LogP contribution in [0.2, 0.25) is 0 Å². The monoisotopic (exact) mass is 502 g/mol. The van der Waals surface area contributed by atoms with Gasteiger partial charge in [-0.05, 0) is 31.0 Å². The minimum absolute atomic E-state index is 0. The Morgan fingerprint density at radius 2 is 1.56 bits per heavy atom. The van der Waals surface area contributed by atoms with Crippen LogP contribution in [-0.2, 0) is 16.4 Å². The Bertz CT molecular complexity index is 784. The van der Waals surface area contributed by atoms with E-state index in [1.807, 2.05) is 25.1 Å². The van der Waals surface area contributed by atoms with Gasteiger partial charge in [-0.15, -0.1) is 24.0 Å². The van der Waals surface area contributed by atoms with E-state index in [0.29, 0.717) is 12.5 Å². The normalized spacial score (nSPS) is 11.5. The van der Waals surface area contributed by atoms with Gasteiger partial charge in [-0.2, -0.15) is 0 Å². The molecule has 6 nitrogen and oxygen atoms in total. The molecule has 3 N–H and O–H groups in total. The molecule has 0 fully saturated rings. The Kier molecular flexibility index (Phi) is 11.0. The van der Waals surface area contributed by atoms with E-state index in [1.54, 1.807) is 30.3 Å². The first-order valence-electron chi connectivity index (χ1n) is 8.72. The molecule has 27 heavy (non-hydrogen) atoms. The molecule has 0 atom stereocenters. The fraction of sp³-hybridized carbons (Fsp3) is 0.316. The van der Waals surface area contributed by atoms with Gasteiger partial charge >= 0.3 is 0 Å². The molecule has 0 aromatic heterocycles. The van der Waals surface area contributed by atoms with E-state index in [-0.39, 0.29) is 35.4 Å². The Labute approximate surface area is 178 Å². The van der Waals surface area contributed by atoms with Crippen LogP contribution in [0, 0.1) is 0 Å². The molecule has 0 saturated carbocycles. The standard InChI is InChI=1S/C19H26N4O2S.HI/c1-2-20-19(21-14-13-17-9-5-3-6-10-17)22-15-16-23-26(24,25)18-11-7-4-8-12-18;/h3-12,23H,2,13-16H2,1H3,(H2,20,21,22);1H. The minimum atomic E-state index is -3.48. The van der Waals surface area contributed by atoms with Crippen molar-refractivity contribution < 1.29 is 8.42 Å². The van der Waals surface area contributed by atoms with Gasteiger partial charge in [0.15, 0.2) is 5.96 Å². The van der Waals surface area contributed by atoms with Crippen LogP contribution in [0.25, 0.3) is 0 Å². The van der Waals surface area contributed by atoms with Gasteiger partial charge in [-0.3, -0.25) is 4.99 Å². The lowest BCUT2D eigenvalue weighted by Gasteiger charge is -2.11. The number of rotatable bonds is 9. The second-order valence-corrected chi connectivity index (χ2v) is 7.40. The van der Waals surface area contributed by atoms with Crippen LogP contribution in [0.1, 0.15) is 12.5 Å². The van der Waals surface area contributed by atoms with Crippen molar-refractivity contribution in [3.63, 3.8) is 0 Å². The summed E-state index contributed by atoms with van der Waals surface area (Å²) in [5, 5.41) is 6.42. The summed E-state index contributed by atoms with van der Waals surface area (Å²) in [5.74, 6) is 0.683. The van der Waals surface area contributed by atoms with Gasteiger partial charge in [-0.25, -0.2) is 13.1 Å². The molecule has 0 bridgehead atoms. The van der Waals surface area contributed by atoms with Crippen LogP contribution >= 0.6 is 24.0 Å². The molecule has 0 spiro atoms. The van der Waals surface area contributed by atoms with Gasteiger partial charge in [0.1, 0.15) is 0 Å². The molecular weight excluding hydrogens is 475 g/mol. The molecule has 0 radical (unpaired) electrons. The lowest BCUT2D eigenvalue weighted by atomic mass is 10.1. The van der Waals surface area contributed by atoms with Crippen molar-refractivity contribution >= 4 is 40.0 Å². The summed E-state index contributed by atoms with van der Waals surface area (Å²) in [6.45, 7) is 4.09. The number of halogens is 1. The smallest absolute Gasteiger partial charge is 0.240 e. The van der Waals surface area contributed by atoms with Crippen molar-refractivity contribution in [2.24, 2.45) is 4.99 Å². The third-order valence-electron chi connectivity index (χ3n) is 3.62. The predicted molar refractivity (Wildman–Crippen MR) is 121 cm³/mol. The fourth-order valence-electron chi connectivity index (χ4n) is 2.34. The largest absolute Gasteiger partial charge is 0.357 e. The summed E-state index contributed by atoms with van der Waals surface area (Å²) in [6.07, 6.45) is 0.895. The Hall–Kier alpha value is -1.65. The van der Waals surface area contributed by atoms with Crippen LogP contribution in [-0.4, -0.2) is 40.6 Å². The van der Waals surface area contributed by atoms with Gasteiger partial charge in [0.25, 0.3) is 0 Å². The Morgan fingerprint density at radius 1 is 0.926 bits per heavy atom.